The summed E-state index contributed by atoms with van der Waals surface area (Å²) < 4.78 is 8.54. The Balaban J connectivity index is 1.58. The second kappa shape index (κ2) is 7.75. The van der Waals surface area contributed by atoms with Crippen LogP contribution in [0.1, 0.15) is 52.7 Å². The average molecular weight is 398 g/mol. The molecule has 1 aliphatic rings. The second-order valence-corrected chi connectivity index (χ2v) is 8.54. The van der Waals surface area contributed by atoms with Gasteiger partial charge in [0.25, 0.3) is 5.91 Å². The molecule has 1 atom stereocenters. The molecule has 0 saturated heterocycles. The van der Waals surface area contributed by atoms with Crippen LogP contribution < -0.4 is 5.32 Å². The standard InChI is InChI=1S/C21H23N3O3S/c1-13-10-16-18(28-13)11-17(24(16)2)21(26)27-19(14-6-5-9-22-12-14)20(25)23-15-7-3-4-8-15/h5-6,9-12,15,19H,3-4,7-8H2,1-2H3,(H,23,25). The van der Waals surface area contributed by atoms with Crippen molar-refractivity contribution in [3.05, 3.63) is 52.8 Å². The Kier molecular flexibility index (Phi) is 5.17. The summed E-state index contributed by atoms with van der Waals surface area (Å²) in [6, 6.07) is 7.51. The van der Waals surface area contributed by atoms with E-state index >= 15 is 0 Å². The summed E-state index contributed by atoms with van der Waals surface area (Å²) in [5.74, 6) is -0.806. The molecule has 1 aliphatic carbocycles. The fraction of sp³-hybridized carbons (Fsp3) is 0.381. The highest BCUT2D eigenvalue weighted by Gasteiger charge is 2.30. The summed E-state index contributed by atoms with van der Waals surface area (Å²) in [6.45, 7) is 2.04. The van der Waals surface area contributed by atoms with Crippen molar-refractivity contribution in [3.8, 4) is 0 Å². The molecule has 0 spiro atoms. The van der Waals surface area contributed by atoms with Crippen molar-refractivity contribution in [2.45, 2.75) is 44.8 Å². The molecule has 4 rings (SSSR count). The molecule has 3 aromatic heterocycles. The van der Waals surface area contributed by atoms with Gasteiger partial charge >= 0.3 is 5.97 Å². The van der Waals surface area contributed by atoms with E-state index in [0.29, 0.717) is 11.3 Å². The Morgan fingerprint density at radius 2 is 2.11 bits per heavy atom. The summed E-state index contributed by atoms with van der Waals surface area (Å²) in [4.78, 5) is 31.1. The number of carbonyl (C=O) groups excluding carboxylic acids is 2. The highest BCUT2D eigenvalue weighted by molar-refractivity contribution is 7.19. The first-order chi connectivity index (χ1) is 13.5. The SMILES string of the molecule is Cc1cc2c(cc(C(=O)OC(C(=O)NC3CCCC3)c3cccnc3)n2C)s1. The minimum Gasteiger partial charge on any atom is -0.443 e. The van der Waals surface area contributed by atoms with Crippen LogP contribution in [0, 0.1) is 6.92 Å². The van der Waals surface area contributed by atoms with Crippen LogP contribution >= 0.6 is 11.3 Å². The number of hydrogen-bond donors (Lipinski definition) is 1. The summed E-state index contributed by atoms with van der Waals surface area (Å²) in [5.41, 5.74) is 1.99. The number of nitrogens with one attached hydrogen (secondary N) is 1. The number of rotatable bonds is 5. The van der Waals surface area contributed by atoms with E-state index in [-0.39, 0.29) is 11.9 Å². The molecule has 0 aliphatic heterocycles. The van der Waals surface area contributed by atoms with E-state index in [0.717, 1.165) is 35.9 Å². The Labute approximate surface area is 167 Å². The molecule has 1 unspecified atom stereocenters. The van der Waals surface area contributed by atoms with Crippen molar-refractivity contribution in [2.75, 3.05) is 0 Å². The van der Waals surface area contributed by atoms with Gasteiger partial charge in [0.1, 0.15) is 5.69 Å². The lowest BCUT2D eigenvalue weighted by Crippen LogP contribution is -2.38. The smallest absolute Gasteiger partial charge is 0.356 e. The maximum atomic E-state index is 12.9. The molecule has 1 N–H and O–H groups in total. The lowest BCUT2D eigenvalue weighted by Gasteiger charge is -2.20. The minimum absolute atomic E-state index is 0.147. The van der Waals surface area contributed by atoms with Crippen LogP contribution in [0.5, 0.6) is 0 Å². The van der Waals surface area contributed by atoms with Crippen LogP contribution in [0.2, 0.25) is 0 Å². The number of nitrogens with zero attached hydrogens (tertiary/aromatic N) is 2. The minimum atomic E-state index is -1.02. The fourth-order valence-corrected chi connectivity index (χ4v) is 4.74. The first-order valence-electron chi connectivity index (χ1n) is 9.50. The zero-order chi connectivity index (χ0) is 19.7. The number of aromatic nitrogens is 2. The number of pyridine rings is 1. The van der Waals surface area contributed by atoms with Gasteiger partial charge < -0.3 is 14.6 Å². The number of hydrogen-bond acceptors (Lipinski definition) is 5. The summed E-state index contributed by atoms with van der Waals surface area (Å²) in [7, 11) is 1.84. The van der Waals surface area contributed by atoms with E-state index < -0.39 is 12.1 Å². The zero-order valence-corrected chi connectivity index (χ0v) is 16.8. The number of thiophene rings is 1. The number of aryl methyl sites for hydroxylation is 2. The second-order valence-electron chi connectivity index (χ2n) is 7.26. The highest BCUT2D eigenvalue weighted by Crippen LogP contribution is 2.29. The van der Waals surface area contributed by atoms with E-state index in [1.165, 1.54) is 4.88 Å². The van der Waals surface area contributed by atoms with Crippen molar-refractivity contribution in [3.63, 3.8) is 0 Å². The lowest BCUT2D eigenvalue weighted by molar-refractivity contribution is -0.131. The van der Waals surface area contributed by atoms with Crippen LogP contribution in [0.25, 0.3) is 10.2 Å². The van der Waals surface area contributed by atoms with Crippen LogP contribution in [-0.2, 0) is 16.6 Å². The molecule has 1 saturated carbocycles. The quantitative estimate of drug-likeness (QED) is 0.663. The summed E-state index contributed by atoms with van der Waals surface area (Å²) in [6.07, 6.45) is 6.34. The van der Waals surface area contributed by atoms with E-state index in [1.54, 1.807) is 35.9 Å². The van der Waals surface area contributed by atoms with Gasteiger partial charge in [-0.05, 0) is 38.0 Å². The summed E-state index contributed by atoms with van der Waals surface area (Å²) >= 11 is 1.63. The Morgan fingerprint density at radius 3 is 2.79 bits per heavy atom. The Hall–Kier alpha value is -2.67. The number of amides is 1. The van der Waals surface area contributed by atoms with Gasteiger partial charge in [0.15, 0.2) is 0 Å². The Bertz CT molecular complexity index is 1000. The third-order valence-corrected chi connectivity index (χ3v) is 6.20. The molecule has 7 heteroatoms. The molecule has 28 heavy (non-hydrogen) atoms. The van der Waals surface area contributed by atoms with Crippen LogP contribution in [0.15, 0.2) is 36.7 Å². The monoisotopic (exact) mass is 397 g/mol. The first kappa shape index (κ1) is 18.7. The van der Waals surface area contributed by atoms with E-state index in [9.17, 15) is 9.59 Å². The van der Waals surface area contributed by atoms with Gasteiger partial charge in [0.2, 0.25) is 6.10 Å². The number of esters is 1. The molecule has 0 aromatic carbocycles. The maximum Gasteiger partial charge on any atom is 0.356 e. The third-order valence-electron chi connectivity index (χ3n) is 5.21. The van der Waals surface area contributed by atoms with Crippen molar-refractivity contribution in [1.82, 2.24) is 14.9 Å². The predicted octanol–water partition coefficient (Wildman–Crippen LogP) is 3.90. The lowest BCUT2D eigenvalue weighted by atomic mass is 10.1. The molecular weight excluding hydrogens is 374 g/mol. The number of carbonyl (C=O) groups is 2. The van der Waals surface area contributed by atoms with Gasteiger partial charge in [0, 0.05) is 35.9 Å². The number of ether oxygens (including phenoxy) is 1. The van der Waals surface area contributed by atoms with E-state index in [4.69, 9.17) is 4.74 Å². The van der Waals surface area contributed by atoms with Gasteiger partial charge in [-0.25, -0.2) is 4.79 Å². The molecule has 0 bridgehead atoms. The molecule has 3 aromatic rings. The van der Waals surface area contributed by atoms with Crippen molar-refractivity contribution < 1.29 is 14.3 Å². The topological polar surface area (TPSA) is 73.2 Å². The van der Waals surface area contributed by atoms with Gasteiger partial charge in [-0.2, -0.15) is 0 Å². The van der Waals surface area contributed by atoms with Gasteiger partial charge in [-0.1, -0.05) is 18.9 Å². The van der Waals surface area contributed by atoms with Gasteiger partial charge in [-0.3, -0.25) is 9.78 Å². The van der Waals surface area contributed by atoms with Gasteiger partial charge in [-0.15, -0.1) is 11.3 Å². The Morgan fingerprint density at radius 1 is 1.32 bits per heavy atom. The van der Waals surface area contributed by atoms with E-state index in [2.05, 4.69) is 10.3 Å². The largest absolute Gasteiger partial charge is 0.443 e. The molecular formula is C21H23N3O3S. The normalized spacial score (nSPS) is 15.6. The fourth-order valence-electron chi connectivity index (χ4n) is 3.75. The molecule has 1 fully saturated rings. The maximum absolute atomic E-state index is 12.9. The molecule has 146 valence electrons. The van der Waals surface area contributed by atoms with E-state index in [1.807, 2.05) is 30.7 Å². The van der Waals surface area contributed by atoms with Crippen LogP contribution in [-0.4, -0.2) is 27.5 Å². The summed E-state index contributed by atoms with van der Waals surface area (Å²) in [5, 5.41) is 3.03. The average Bonchev–Trinajstić information content (AvgIpc) is 3.39. The molecule has 1 amide bonds. The third kappa shape index (κ3) is 3.67. The highest BCUT2D eigenvalue weighted by atomic mass is 32.1. The van der Waals surface area contributed by atoms with Gasteiger partial charge in [0.05, 0.1) is 10.2 Å². The first-order valence-corrected chi connectivity index (χ1v) is 10.3. The van der Waals surface area contributed by atoms with Crippen molar-refractivity contribution >= 4 is 33.4 Å². The zero-order valence-electron chi connectivity index (χ0n) is 16.0. The molecule has 0 radical (unpaired) electrons. The predicted molar refractivity (Wildman–Crippen MR) is 108 cm³/mol. The number of fused-ring (bicyclic) bond motifs is 1. The van der Waals surface area contributed by atoms with Crippen molar-refractivity contribution in [1.29, 1.82) is 0 Å². The van der Waals surface area contributed by atoms with Crippen molar-refractivity contribution in [2.24, 2.45) is 7.05 Å². The van der Waals surface area contributed by atoms with Crippen LogP contribution in [0.4, 0.5) is 0 Å². The molecule has 3 heterocycles. The molecule has 6 nitrogen and oxygen atoms in total. The van der Waals surface area contributed by atoms with Crippen LogP contribution in [0.3, 0.4) is 0 Å².